The summed E-state index contributed by atoms with van der Waals surface area (Å²) in [6, 6.07) is 14.3. The first-order valence-electron chi connectivity index (χ1n) is 6.39. The fraction of sp³-hybridized carbons (Fsp3) is 0.0625. The summed E-state index contributed by atoms with van der Waals surface area (Å²) >= 11 is 6.99. The molecule has 21 heavy (non-hydrogen) atoms. The molecule has 0 amide bonds. The Bertz CT molecular complexity index is 742. The molecule has 1 aromatic heterocycles. The van der Waals surface area contributed by atoms with Gasteiger partial charge in [0.1, 0.15) is 0 Å². The lowest BCUT2D eigenvalue weighted by molar-refractivity contribution is 0.572. The van der Waals surface area contributed by atoms with E-state index in [2.05, 4.69) is 60.4 Å². The fourth-order valence-electron chi connectivity index (χ4n) is 1.99. The Labute approximate surface area is 139 Å². The smallest absolute Gasteiger partial charge is 0.181 e. The summed E-state index contributed by atoms with van der Waals surface area (Å²) < 4.78 is 7.42. The summed E-state index contributed by atoms with van der Waals surface area (Å²) in [5.74, 6) is 0.769. The molecule has 0 atom stereocenters. The average Bonchev–Trinajstić information content (AvgIpc) is 3.03. The van der Waals surface area contributed by atoms with E-state index in [1.807, 2.05) is 24.3 Å². The van der Waals surface area contributed by atoms with Crippen LogP contribution in [0.15, 0.2) is 68.4 Å². The number of anilines is 1. The highest BCUT2D eigenvalue weighted by molar-refractivity contribution is 9.13. The summed E-state index contributed by atoms with van der Waals surface area (Å²) in [6.07, 6.45) is 3.15. The number of hydrogen-bond donors (Lipinski definition) is 1. The highest BCUT2D eigenvalue weighted by Crippen LogP contribution is 2.25. The normalized spacial score (nSPS) is 10.6. The molecule has 1 N–H and O–H groups in total. The third-order valence-electron chi connectivity index (χ3n) is 3.06. The fourth-order valence-corrected chi connectivity index (χ4v) is 2.67. The van der Waals surface area contributed by atoms with E-state index >= 15 is 0 Å². The van der Waals surface area contributed by atoms with Crippen molar-refractivity contribution in [2.24, 2.45) is 0 Å². The highest BCUT2D eigenvalue weighted by Gasteiger charge is 2.03. The minimum Gasteiger partial charge on any atom is -0.444 e. The van der Waals surface area contributed by atoms with Crippen LogP contribution in [0.4, 0.5) is 5.69 Å². The Hall–Kier alpha value is -1.59. The van der Waals surface area contributed by atoms with Crippen molar-refractivity contribution in [1.82, 2.24) is 4.98 Å². The Kier molecular flexibility index (Phi) is 4.41. The van der Waals surface area contributed by atoms with Crippen LogP contribution in [-0.2, 0) is 6.54 Å². The minimum atomic E-state index is 0.756. The number of benzene rings is 2. The SMILES string of the molecule is Brc1ccc(CNc2cccc(-c3cnco3)c2)cc1Br. The van der Waals surface area contributed by atoms with Crippen molar-refractivity contribution in [3.63, 3.8) is 0 Å². The van der Waals surface area contributed by atoms with Crippen molar-refractivity contribution < 1.29 is 4.42 Å². The van der Waals surface area contributed by atoms with E-state index in [0.29, 0.717) is 0 Å². The number of aromatic nitrogens is 1. The van der Waals surface area contributed by atoms with Crippen LogP contribution in [0.2, 0.25) is 0 Å². The van der Waals surface area contributed by atoms with Gasteiger partial charge in [-0.3, -0.25) is 0 Å². The molecule has 3 rings (SSSR count). The highest BCUT2D eigenvalue weighted by atomic mass is 79.9. The zero-order valence-electron chi connectivity index (χ0n) is 11.0. The Morgan fingerprint density at radius 3 is 2.71 bits per heavy atom. The molecular formula is C16H12Br2N2O. The summed E-state index contributed by atoms with van der Waals surface area (Å²) in [7, 11) is 0. The van der Waals surface area contributed by atoms with Crippen LogP contribution < -0.4 is 5.32 Å². The molecule has 3 nitrogen and oxygen atoms in total. The Morgan fingerprint density at radius 2 is 1.95 bits per heavy atom. The molecule has 106 valence electrons. The number of oxazole rings is 1. The first-order valence-corrected chi connectivity index (χ1v) is 7.98. The predicted octanol–water partition coefficient (Wildman–Crippen LogP) is 5.48. The molecule has 0 bridgehead atoms. The summed E-state index contributed by atoms with van der Waals surface area (Å²) in [4.78, 5) is 3.94. The standard InChI is InChI=1S/C16H12Br2N2O/c17-14-5-4-11(6-15(14)18)8-20-13-3-1-2-12(7-13)16-9-19-10-21-16/h1-7,9-10,20H,8H2. The summed E-state index contributed by atoms with van der Waals surface area (Å²) in [5, 5.41) is 3.41. The van der Waals surface area contributed by atoms with E-state index in [1.54, 1.807) is 6.20 Å². The van der Waals surface area contributed by atoms with Crippen molar-refractivity contribution in [3.8, 4) is 11.3 Å². The molecule has 0 fully saturated rings. The zero-order valence-corrected chi connectivity index (χ0v) is 14.2. The Balaban J connectivity index is 1.73. The number of rotatable bonds is 4. The Morgan fingerprint density at radius 1 is 1.05 bits per heavy atom. The van der Waals surface area contributed by atoms with Gasteiger partial charge in [-0.25, -0.2) is 4.98 Å². The quantitative estimate of drug-likeness (QED) is 0.622. The maximum absolute atomic E-state index is 5.32. The van der Waals surface area contributed by atoms with E-state index in [1.165, 1.54) is 12.0 Å². The number of nitrogens with one attached hydrogen (secondary N) is 1. The lowest BCUT2D eigenvalue weighted by Crippen LogP contribution is -1.99. The second-order valence-electron chi connectivity index (χ2n) is 4.55. The third-order valence-corrected chi connectivity index (χ3v) is 4.94. The average molecular weight is 408 g/mol. The van der Waals surface area contributed by atoms with Gasteiger partial charge >= 0.3 is 0 Å². The van der Waals surface area contributed by atoms with Gasteiger partial charge in [-0.05, 0) is 61.7 Å². The predicted molar refractivity (Wildman–Crippen MR) is 91.1 cm³/mol. The van der Waals surface area contributed by atoms with Gasteiger partial charge < -0.3 is 9.73 Å². The van der Waals surface area contributed by atoms with Crippen LogP contribution in [0.25, 0.3) is 11.3 Å². The molecular weight excluding hydrogens is 396 g/mol. The molecule has 1 heterocycles. The van der Waals surface area contributed by atoms with Crippen LogP contribution in [0.3, 0.4) is 0 Å². The lowest BCUT2D eigenvalue weighted by atomic mass is 10.1. The number of halogens is 2. The van der Waals surface area contributed by atoms with Crippen molar-refractivity contribution in [2.45, 2.75) is 6.54 Å². The topological polar surface area (TPSA) is 38.1 Å². The lowest BCUT2D eigenvalue weighted by Gasteiger charge is -2.08. The van der Waals surface area contributed by atoms with Gasteiger partial charge in [-0.15, -0.1) is 0 Å². The van der Waals surface area contributed by atoms with Crippen LogP contribution in [0.1, 0.15) is 5.56 Å². The molecule has 0 radical (unpaired) electrons. The van der Waals surface area contributed by atoms with Gasteiger partial charge in [0.05, 0.1) is 6.20 Å². The molecule has 0 aliphatic rings. The van der Waals surface area contributed by atoms with Crippen LogP contribution in [-0.4, -0.2) is 4.98 Å². The van der Waals surface area contributed by atoms with Gasteiger partial charge in [0, 0.05) is 26.7 Å². The van der Waals surface area contributed by atoms with Gasteiger partial charge in [-0.2, -0.15) is 0 Å². The summed E-state index contributed by atoms with van der Waals surface area (Å²) in [6.45, 7) is 0.756. The van der Waals surface area contributed by atoms with E-state index in [-0.39, 0.29) is 0 Å². The first kappa shape index (κ1) is 14.4. The molecule has 3 aromatic rings. The maximum atomic E-state index is 5.32. The first-order chi connectivity index (χ1) is 10.2. The molecule has 0 unspecified atom stereocenters. The minimum absolute atomic E-state index is 0.756. The van der Waals surface area contributed by atoms with Gasteiger partial charge in [0.25, 0.3) is 0 Å². The number of hydrogen-bond acceptors (Lipinski definition) is 3. The van der Waals surface area contributed by atoms with Crippen LogP contribution in [0.5, 0.6) is 0 Å². The van der Waals surface area contributed by atoms with Gasteiger partial charge in [0.15, 0.2) is 12.2 Å². The molecule has 0 spiro atoms. The largest absolute Gasteiger partial charge is 0.444 e. The van der Waals surface area contributed by atoms with Crippen molar-refractivity contribution in [2.75, 3.05) is 5.32 Å². The van der Waals surface area contributed by atoms with E-state index in [4.69, 9.17) is 4.42 Å². The zero-order chi connectivity index (χ0) is 14.7. The molecule has 0 saturated carbocycles. The molecule has 0 aliphatic carbocycles. The van der Waals surface area contributed by atoms with Gasteiger partial charge in [0.2, 0.25) is 0 Å². The second kappa shape index (κ2) is 6.45. The summed E-state index contributed by atoms with van der Waals surface area (Å²) in [5.41, 5.74) is 3.26. The van der Waals surface area contributed by atoms with E-state index < -0.39 is 0 Å². The monoisotopic (exact) mass is 406 g/mol. The van der Waals surface area contributed by atoms with Gasteiger partial charge in [-0.1, -0.05) is 18.2 Å². The van der Waals surface area contributed by atoms with Crippen LogP contribution >= 0.6 is 31.9 Å². The van der Waals surface area contributed by atoms with Crippen molar-refractivity contribution in [3.05, 3.63) is 69.6 Å². The molecule has 0 saturated heterocycles. The maximum Gasteiger partial charge on any atom is 0.181 e. The van der Waals surface area contributed by atoms with E-state index in [9.17, 15) is 0 Å². The second-order valence-corrected chi connectivity index (χ2v) is 6.26. The van der Waals surface area contributed by atoms with Crippen molar-refractivity contribution >= 4 is 37.5 Å². The van der Waals surface area contributed by atoms with Crippen molar-refractivity contribution in [1.29, 1.82) is 0 Å². The van der Waals surface area contributed by atoms with Crippen LogP contribution in [0, 0.1) is 0 Å². The molecule has 2 aromatic carbocycles. The molecule has 0 aliphatic heterocycles. The molecule has 5 heteroatoms. The van der Waals surface area contributed by atoms with E-state index in [0.717, 1.165) is 32.5 Å². The third kappa shape index (κ3) is 3.54. The number of nitrogens with zero attached hydrogens (tertiary/aromatic N) is 1.